The Bertz CT molecular complexity index is 1420. The lowest BCUT2D eigenvalue weighted by molar-refractivity contribution is 0.0519. The average molecular weight is 472 g/mol. The van der Waals surface area contributed by atoms with Crippen LogP contribution in [0.3, 0.4) is 0 Å². The number of ether oxygens (including phenoxy) is 1. The maximum absolute atomic E-state index is 14.4. The molecule has 4 aromatic rings. The normalized spacial score (nSPS) is 10.8. The largest absolute Gasteiger partial charge is 0.461 e. The van der Waals surface area contributed by atoms with Gasteiger partial charge in [-0.15, -0.1) is 11.3 Å². The number of halogens is 2. The number of anilines is 1. The van der Waals surface area contributed by atoms with E-state index in [4.69, 9.17) is 16.3 Å². The zero-order valence-corrected chi connectivity index (χ0v) is 18.2. The first kappa shape index (κ1) is 21.7. The lowest BCUT2D eigenvalue weighted by Crippen LogP contribution is -2.26. The number of hydrogen-bond donors (Lipinski definition) is 1. The maximum atomic E-state index is 14.4. The van der Waals surface area contributed by atoms with Crippen LogP contribution in [0.4, 0.5) is 9.39 Å². The van der Waals surface area contributed by atoms with Crippen LogP contribution in [0.25, 0.3) is 16.5 Å². The van der Waals surface area contributed by atoms with Crippen molar-refractivity contribution < 1.29 is 18.7 Å². The molecule has 0 aliphatic carbocycles. The molecule has 0 atom stereocenters. The van der Waals surface area contributed by atoms with E-state index in [0.717, 1.165) is 16.0 Å². The van der Waals surface area contributed by atoms with Crippen LogP contribution in [-0.2, 0) is 4.74 Å². The average Bonchev–Trinajstić information content (AvgIpc) is 3.19. The lowest BCUT2D eigenvalue weighted by atomic mass is 10.2. The minimum atomic E-state index is -0.774. The molecule has 2 aromatic heterocycles. The van der Waals surface area contributed by atoms with Crippen molar-refractivity contribution in [2.75, 3.05) is 11.9 Å². The van der Waals surface area contributed by atoms with Crippen LogP contribution < -0.4 is 10.9 Å². The molecule has 0 aliphatic heterocycles. The van der Waals surface area contributed by atoms with Crippen LogP contribution in [0, 0.1) is 5.82 Å². The van der Waals surface area contributed by atoms with Crippen molar-refractivity contribution in [1.82, 2.24) is 9.78 Å². The number of thiophene rings is 1. The van der Waals surface area contributed by atoms with Gasteiger partial charge < -0.3 is 10.1 Å². The lowest BCUT2D eigenvalue weighted by Gasteiger charge is -2.10. The van der Waals surface area contributed by atoms with E-state index in [2.05, 4.69) is 10.4 Å². The van der Waals surface area contributed by atoms with E-state index in [1.54, 1.807) is 25.1 Å². The Hall–Kier alpha value is -3.56. The van der Waals surface area contributed by atoms with Gasteiger partial charge in [0.15, 0.2) is 5.69 Å². The number of fused-ring (bicyclic) bond motifs is 1. The third kappa shape index (κ3) is 3.88. The molecule has 32 heavy (non-hydrogen) atoms. The quantitative estimate of drug-likeness (QED) is 0.427. The Morgan fingerprint density at radius 1 is 1.19 bits per heavy atom. The predicted molar refractivity (Wildman–Crippen MR) is 121 cm³/mol. The molecule has 0 spiro atoms. The molecule has 10 heteroatoms. The van der Waals surface area contributed by atoms with Gasteiger partial charge in [0.25, 0.3) is 11.5 Å². The maximum Gasteiger partial charge on any atom is 0.359 e. The standard InChI is InChI=1S/C22H15ClFN3O4S/c1-2-31-22(30)18-13-11-32-20(25-19(28)12-7-3-4-8-14(12)23)17(13)21(29)27(26-18)16-10-6-5-9-15(16)24/h3-11H,2H2,1H3,(H,25,28). The van der Waals surface area contributed by atoms with Gasteiger partial charge in [0, 0.05) is 10.8 Å². The summed E-state index contributed by atoms with van der Waals surface area (Å²) < 4.78 is 20.3. The summed E-state index contributed by atoms with van der Waals surface area (Å²) in [7, 11) is 0. The molecule has 1 N–H and O–H groups in total. The van der Waals surface area contributed by atoms with Crippen molar-refractivity contribution in [3.8, 4) is 5.69 Å². The van der Waals surface area contributed by atoms with Gasteiger partial charge in [-0.3, -0.25) is 9.59 Å². The molecule has 7 nitrogen and oxygen atoms in total. The summed E-state index contributed by atoms with van der Waals surface area (Å²) in [6.07, 6.45) is 0. The van der Waals surface area contributed by atoms with E-state index in [9.17, 15) is 18.8 Å². The fraction of sp³-hybridized carbons (Fsp3) is 0.0909. The Kier molecular flexibility index (Phi) is 6.02. The number of para-hydroxylation sites is 1. The smallest absolute Gasteiger partial charge is 0.359 e. The van der Waals surface area contributed by atoms with Crippen molar-refractivity contribution in [3.63, 3.8) is 0 Å². The second kappa shape index (κ2) is 8.89. The van der Waals surface area contributed by atoms with E-state index in [1.807, 2.05) is 0 Å². The third-order valence-electron chi connectivity index (χ3n) is 4.55. The summed E-state index contributed by atoms with van der Waals surface area (Å²) >= 11 is 7.13. The number of hydrogen-bond acceptors (Lipinski definition) is 6. The molecule has 0 aliphatic rings. The van der Waals surface area contributed by atoms with Gasteiger partial charge >= 0.3 is 5.97 Å². The highest BCUT2D eigenvalue weighted by Gasteiger charge is 2.24. The summed E-state index contributed by atoms with van der Waals surface area (Å²) in [4.78, 5) is 38.6. The highest BCUT2D eigenvalue weighted by Crippen LogP contribution is 2.31. The molecule has 0 fully saturated rings. The monoisotopic (exact) mass is 471 g/mol. The zero-order valence-electron chi connectivity index (χ0n) is 16.6. The summed E-state index contributed by atoms with van der Waals surface area (Å²) in [6.45, 7) is 1.71. The van der Waals surface area contributed by atoms with Crippen LogP contribution in [0.1, 0.15) is 27.8 Å². The molecule has 1 amide bonds. The van der Waals surface area contributed by atoms with Gasteiger partial charge in [-0.05, 0) is 31.2 Å². The molecular weight excluding hydrogens is 457 g/mol. The number of carbonyl (C=O) groups is 2. The van der Waals surface area contributed by atoms with Gasteiger partial charge in [0.2, 0.25) is 0 Å². The Labute approximate surface area is 190 Å². The summed E-state index contributed by atoms with van der Waals surface area (Å²) in [5.74, 6) is -2.01. The molecular formula is C22H15ClFN3O4S. The van der Waals surface area contributed by atoms with Crippen molar-refractivity contribution in [2.45, 2.75) is 6.92 Å². The van der Waals surface area contributed by atoms with E-state index in [0.29, 0.717) is 0 Å². The number of carbonyl (C=O) groups excluding carboxylic acids is 2. The number of benzene rings is 2. The van der Waals surface area contributed by atoms with E-state index in [1.165, 1.54) is 35.7 Å². The van der Waals surface area contributed by atoms with Gasteiger partial charge in [-0.25, -0.2) is 9.18 Å². The first-order valence-electron chi connectivity index (χ1n) is 9.44. The first-order valence-corrected chi connectivity index (χ1v) is 10.7. The molecule has 4 rings (SSSR count). The van der Waals surface area contributed by atoms with Crippen molar-refractivity contribution in [1.29, 1.82) is 0 Å². The van der Waals surface area contributed by atoms with Crippen molar-refractivity contribution in [3.05, 3.63) is 86.4 Å². The number of rotatable bonds is 5. The second-order valence-corrected chi connectivity index (χ2v) is 7.81. The summed E-state index contributed by atoms with van der Waals surface area (Å²) in [5, 5.41) is 8.88. The minimum Gasteiger partial charge on any atom is -0.461 e. The number of nitrogens with zero attached hydrogens (tertiary/aromatic N) is 2. The van der Waals surface area contributed by atoms with E-state index in [-0.39, 0.29) is 44.3 Å². The van der Waals surface area contributed by atoms with Gasteiger partial charge in [-0.2, -0.15) is 9.78 Å². The highest BCUT2D eigenvalue weighted by atomic mass is 35.5. The van der Waals surface area contributed by atoms with E-state index < -0.39 is 23.3 Å². The molecule has 0 bridgehead atoms. The number of nitrogens with one attached hydrogen (secondary N) is 1. The predicted octanol–water partition coefficient (Wildman–Crippen LogP) is 4.67. The van der Waals surface area contributed by atoms with Crippen LogP contribution >= 0.6 is 22.9 Å². The Morgan fingerprint density at radius 2 is 1.91 bits per heavy atom. The third-order valence-corrected chi connectivity index (χ3v) is 5.77. The molecule has 2 aromatic carbocycles. The Morgan fingerprint density at radius 3 is 2.62 bits per heavy atom. The van der Waals surface area contributed by atoms with Crippen LogP contribution in [0.2, 0.25) is 5.02 Å². The van der Waals surface area contributed by atoms with Gasteiger partial charge in [0.05, 0.1) is 22.6 Å². The van der Waals surface area contributed by atoms with Crippen molar-refractivity contribution >= 4 is 50.6 Å². The fourth-order valence-corrected chi connectivity index (χ4v) is 4.25. The number of esters is 1. The van der Waals surface area contributed by atoms with Crippen LogP contribution in [0.15, 0.2) is 58.7 Å². The molecule has 0 unspecified atom stereocenters. The molecule has 0 saturated carbocycles. The molecule has 0 radical (unpaired) electrons. The van der Waals surface area contributed by atoms with E-state index >= 15 is 0 Å². The SMILES string of the molecule is CCOC(=O)c1nn(-c2ccccc2F)c(=O)c2c(NC(=O)c3ccccc3Cl)scc12. The number of aromatic nitrogens is 2. The zero-order chi connectivity index (χ0) is 22.8. The van der Waals surface area contributed by atoms with Gasteiger partial charge in [-0.1, -0.05) is 35.9 Å². The van der Waals surface area contributed by atoms with Crippen LogP contribution in [0.5, 0.6) is 0 Å². The minimum absolute atomic E-state index is 0.0108. The van der Waals surface area contributed by atoms with Crippen molar-refractivity contribution in [2.24, 2.45) is 0 Å². The summed E-state index contributed by atoms with van der Waals surface area (Å²) in [5.41, 5.74) is -0.794. The highest BCUT2D eigenvalue weighted by molar-refractivity contribution is 7.16. The van der Waals surface area contributed by atoms with Gasteiger partial charge in [0.1, 0.15) is 16.5 Å². The topological polar surface area (TPSA) is 90.3 Å². The number of amides is 1. The molecule has 2 heterocycles. The molecule has 0 saturated heterocycles. The first-order chi connectivity index (χ1) is 15.4. The second-order valence-electron chi connectivity index (χ2n) is 6.52. The summed E-state index contributed by atoms with van der Waals surface area (Å²) in [6, 6.07) is 12.0. The van der Waals surface area contributed by atoms with Crippen LogP contribution in [-0.4, -0.2) is 28.3 Å². The Balaban J connectivity index is 1.92. The fourth-order valence-electron chi connectivity index (χ4n) is 3.09. The molecule has 162 valence electrons.